The summed E-state index contributed by atoms with van der Waals surface area (Å²) in [6.07, 6.45) is -4.36. The summed E-state index contributed by atoms with van der Waals surface area (Å²) in [5, 5.41) is -0.653. The Morgan fingerprint density at radius 3 is 2.36 bits per heavy atom. The molecule has 0 radical (unpaired) electrons. The summed E-state index contributed by atoms with van der Waals surface area (Å²) in [5.41, 5.74) is -0.586. The molecule has 0 spiro atoms. The Morgan fingerprint density at radius 1 is 1.36 bits per heavy atom. The quantitative estimate of drug-likeness (QED) is 0.653. The topological polar surface area (TPSA) is 0 Å². The van der Waals surface area contributed by atoms with Gasteiger partial charge in [-0.25, -0.2) is 0 Å². The maximum atomic E-state index is 12.5. The summed E-state index contributed by atoms with van der Waals surface area (Å²) >= 11 is 8.65. The van der Waals surface area contributed by atoms with E-state index in [2.05, 4.69) is 15.9 Å². The van der Waals surface area contributed by atoms with Crippen molar-refractivity contribution in [2.45, 2.75) is 18.5 Å². The van der Waals surface area contributed by atoms with Crippen LogP contribution in [-0.2, 0) is 6.18 Å². The second-order valence-corrected chi connectivity index (χ2v) is 4.42. The first-order valence-corrected chi connectivity index (χ1v) is 5.06. The third-order valence-electron chi connectivity index (χ3n) is 1.75. The summed E-state index contributed by atoms with van der Waals surface area (Å²) in [6, 6.07) is 3.96. The van der Waals surface area contributed by atoms with Gasteiger partial charge < -0.3 is 0 Å². The van der Waals surface area contributed by atoms with Gasteiger partial charge in [-0.15, -0.1) is 11.6 Å². The zero-order valence-corrected chi connectivity index (χ0v) is 9.54. The van der Waals surface area contributed by atoms with Gasteiger partial charge in [0.1, 0.15) is 0 Å². The van der Waals surface area contributed by atoms with Crippen LogP contribution in [0.2, 0.25) is 0 Å². The van der Waals surface area contributed by atoms with Crippen molar-refractivity contribution in [2.75, 3.05) is 0 Å². The van der Waals surface area contributed by atoms with E-state index in [0.717, 1.165) is 6.07 Å². The molecule has 0 aliphatic heterocycles. The van der Waals surface area contributed by atoms with Gasteiger partial charge in [-0.1, -0.05) is 22.0 Å². The first-order chi connectivity index (χ1) is 6.32. The van der Waals surface area contributed by atoms with Crippen molar-refractivity contribution in [2.24, 2.45) is 0 Å². The van der Waals surface area contributed by atoms with Crippen molar-refractivity contribution >= 4 is 27.5 Å². The molecule has 0 saturated carbocycles. The highest BCUT2D eigenvalue weighted by atomic mass is 79.9. The van der Waals surface area contributed by atoms with Gasteiger partial charge in [0.15, 0.2) is 0 Å². The first kappa shape index (κ1) is 11.9. The molecule has 5 heteroatoms. The molecular weight excluding hydrogens is 280 g/mol. The lowest BCUT2D eigenvalue weighted by Crippen LogP contribution is -2.09. The van der Waals surface area contributed by atoms with Crippen LogP contribution in [0.1, 0.15) is 23.4 Å². The molecule has 78 valence electrons. The average Bonchev–Trinajstić information content (AvgIpc) is 2.01. The third kappa shape index (κ3) is 2.64. The minimum absolute atomic E-state index is 0.0994. The summed E-state index contributed by atoms with van der Waals surface area (Å²) in [6.45, 7) is 1.51. The Hall–Kier alpha value is -0.220. The number of alkyl halides is 4. The maximum Gasteiger partial charge on any atom is 0.416 e. The number of benzene rings is 1. The third-order valence-corrected chi connectivity index (χ3v) is 2.48. The van der Waals surface area contributed by atoms with Crippen molar-refractivity contribution in [3.63, 3.8) is 0 Å². The van der Waals surface area contributed by atoms with E-state index < -0.39 is 17.1 Å². The smallest absolute Gasteiger partial charge is 0.166 e. The molecule has 1 aromatic rings. The molecule has 0 fully saturated rings. The normalized spacial score (nSPS) is 14.1. The highest BCUT2D eigenvalue weighted by molar-refractivity contribution is 9.10. The zero-order valence-electron chi connectivity index (χ0n) is 7.20. The highest BCUT2D eigenvalue weighted by Gasteiger charge is 2.34. The van der Waals surface area contributed by atoms with Crippen molar-refractivity contribution in [3.8, 4) is 0 Å². The lowest BCUT2D eigenvalue weighted by Gasteiger charge is -2.14. The number of halogens is 5. The summed E-state index contributed by atoms with van der Waals surface area (Å²) in [5.74, 6) is 0. The van der Waals surface area contributed by atoms with Gasteiger partial charge in [0.2, 0.25) is 0 Å². The summed E-state index contributed by atoms with van der Waals surface area (Å²) < 4.78 is 37.9. The van der Waals surface area contributed by atoms with E-state index in [1.807, 2.05) is 0 Å². The van der Waals surface area contributed by atoms with Crippen LogP contribution in [0.4, 0.5) is 13.2 Å². The van der Waals surface area contributed by atoms with Gasteiger partial charge in [-0.3, -0.25) is 0 Å². The number of hydrogen-bond acceptors (Lipinski definition) is 0. The molecular formula is C9H7BrClF3. The van der Waals surface area contributed by atoms with Crippen molar-refractivity contribution < 1.29 is 13.2 Å². The van der Waals surface area contributed by atoms with Gasteiger partial charge >= 0.3 is 6.18 Å². The Labute approximate surface area is 93.2 Å². The molecule has 0 aliphatic rings. The molecule has 0 N–H and O–H groups in total. The predicted molar refractivity (Wildman–Crippen MR) is 53.4 cm³/mol. The van der Waals surface area contributed by atoms with Crippen LogP contribution >= 0.6 is 27.5 Å². The standard InChI is InChI=1S/C9H7BrClF3/c1-5(11)7-3-2-6(10)4-8(7)9(12,13)14/h2-5H,1H3. The SMILES string of the molecule is CC(Cl)c1ccc(Br)cc1C(F)(F)F. The molecule has 0 heterocycles. The zero-order chi connectivity index (χ0) is 10.9. The molecule has 0 nitrogen and oxygen atoms in total. The van der Waals surface area contributed by atoms with Crippen LogP contribution < -0.4 is 0 Å². The maximum absolute atomic E-state index is 12.5. The monoisotopic (exact) mass is 286 g/mol. The lowest BCUT2D eigenvalue weighted by atomic mass is 10.0. The van der Waals surface area contributed by atoms with E-state index >= 15 is 0 Å². The Bertz CT molecular complexity index is 333. The first-order valence-electron chi connectivity index (χ1n) is 3.83. The number of hydrogen-bond donors (Lipinski definition) is 0. The van der Waals surface area contributed by atoms with E-state index in [0.29, 0.717) is 4.47 Å². The van der Waals surface area contributed by atoms with Gasteiger partial charge in [-0.2, -0.15) is 13.2 Å². The van der Waals surface area contributed by atoms with Crippen LogP contribution in [0.3, 0.4) is 0 Å². The molecule has 14 heavy (non-hydrogen) atoms. The fraction of sp³-hybridized carbons (Fsp3) is 0.333. The molecule has 0 aliphatic carbocycles. The van der Waals surface area contributed by atoms with Gasteiger partial charge in [-0.05, 0) is 24.6 Å². The van der Waals surface area contributed by atoms with Crippen molar-refractivity contribution in [1.29, 1.82) is 0 Å². The Kier molecular flexibility index (Phi) is 3.48. The molecule has 0 aromatic heterocycles. The van der Waals surface area contributed by atoms with E-state index in [4.69, 9.17) is 11.6 Å². The van der Waals surface area contributed by atoms with Crippen LogP contribution in [0.15, 0.2) is 22.7 Å². The Morgan fingerprint density at radius 2 is 1.93 bits per heavy atom. The summed E-state index contributed by atoms with van der Waals surface area (Å²) in [4.78, 5) is 0. The van der Waals surface area contributed by atoms with Gasteiger partial charge in [0, 0.05) is 4.47 Å². The Balaban J connectivity index is 3.30. The largest absolute Gasteiger partial charge is 0.416 e. The lowest BCUT2D eigenvalue weighted by molar-refractivity contribution is -0.138. The fourth-order valence-electron chi connectivity index (χ4n) is 1.12. The summed E-state index contributed by atoms with van der Waals surface area (Å²) in [7, 11) is 0. The van der Waals surface area contributed by atoms with E-state index in [1.54, 1.807) is 6.07 Å². The van der Waals surface area contributed by atoms with E-state index in [1.165, 1.54) is 13.0 Å². The molecule has 0 amide bonds. The number of rotatable bonds is 1. The van der Waals surface area contributed by atoms with Crippen LogP contribution in [0.25, 0.3) is 0 Å². The average molecular weight is 288 g/mol. The van der Waals surface area contributed by atoms with Gasteiger partial charge in [0.25, 0.3) is 0 Å². The molecule has 1 unspecified atom stereocenters. The fourth-order valence-corrected chi connectivity index (χ4v) is 1.67. The molecule has 1 rings (SSSR count). The van der Waals surface area contributed by atoms with Crippen LogP contribution in [0.5, 0.6) is 0 Å². The van der Waals surface area contributed by atoms with E-state index in [-0.39, 0.29) is 5.56 Å². The van der Waals surface area contributed by atoms with E-state index in [9.17, 15) is 13.2 Å². The minimum atomic E-state index is -4.36. The van der Waals surface area contributed by atoms with Crippen LogP contribution in [-0.4, -0.2) is 0 Å². The van der Waals surface area contributed by atoms with Crippen molar-refractivity contribution in [3.05, 3.63) is 33.8 Å². The van der Waals surface area contributed by atoms with Crippen LogP contribution in [0, 0.1) is 0 Å². The molecule has 1 atom stereocenters. The molecule has 1 aromatic carbocycles. The molecule has 0 saturated heterocycles. The predicted octanol–water partition coefficient (Wildman–Crippen LogP) is 4.77. The van der Waals surface area contributed by atoms with Gasteiger partial charge in [0.05, 0.1) is 10.9 Å². The second kappa shape index (κ2) is 4.11. The highest BCUT2D eigenvalue weighted by Crippen LogP contribution is 2.37. The molecule has 0 bridgehead atoms. The minimum Gasteiger partial charge on any atom is -0.166 e. The van der Waals surface area contributed by atoms with Crippen molar-refractivity contribution in [1.82, 2.24) is 0 Å². The second-order valence-electron chi connectivity index (χ2n) is 2.85.